The van der Waals surface area contributed by atoms with Crippen LogP contribution in [0, 0.1) is 0 Å². The van der Waals surface area contributed by atoms with Crippen LogP contribution < -0.4 is 0 Å². The molecule has 0 radical (unpaired) electrons. The molecule has 2 rings (SSSR count). The summed E-state index contributed by atoms with van der Waals surface area (Å²) < 4.78 is 4.19. The van der Waals surface area contributed by atoms with Crippen molar-refractivity contribution < 1.29 is 0 Å². The zero-order chi connectivity index (χ0) is 11.3. The zero-order valence-electron chi connectivity index (χ0n) is 10.0. The number of hydrogen-bond acceptors (Lipinski definition) is 0. The van der Waals surface area contributed by atoms with E-state index in [1.54, 1.807) is 0 Å². The van der Waals surface area contributed by atoms with E-state index in [9.17, 15) is 0 Å². The Morgan fingerprint density at radius 3 is 1.33 bits per heavy atom. The summed E-state index contributed by atoms with van der Waals surface area (Å²) in [6, 6.07) is 8.09. The molecule has 0 saturated heterocycles. The lowest BCUT2D eigenvalue weighted by Crippen LogP contribution is -2.19. The van der Waals surface area contributed by atoms with Crippen LogP contribution in [0.15, 0.2) is 49.1 Å². The van der Waals surface area contributed by atoms with Gasteiger partial charge < -0.3 is 9.13 Å². The van der Waals surface area contributed by atoms with Crippen LogP contribution in [-0.2, 0) is 12.6 Å². The number of aromatic nitrogens is 2. The Labute approximate surface area is 92.2 Å². The molecule has 2 heteroatoms. The minimum atomic E-state index is 0.240. The summed E-state index contributed by atoms with van der Waals surface area (Å²) in [6.07, 6.45) is 8.17. The largest absolute Gasteiger partial charge is 0.357 e. The maximum atomic E-state index is 2.19. The van der Waals surface area contributed by atoms with Crippen LogP contribution in [0.5, 0.6) is 0 Å². The molecular weight excluding hydrogens is 184 g/mol. The Bertz CT molecular complexity index is 350. The number of rotatable bonds is 0. The van der Waals surface area contributed by atoms with E-state index in [0.717, 1.165) is 0 Å². The van der Waals surface area contributed by atoms with Gasteiger partial charge in [-0.15, -0.1) is 0 Å². The van der Waals surface area contributed by atoms with Gasteiger partial charge in [-0.05, 0) is 45.0 Å². The molecule has 0 bridgehead atoms. The van der Waals surface area contributed by atoms with Gasteiger partial charge in [0.15, 0.2) is 0 Å². The molecule has 0 atom stereocenters. The summed E-state index contributed by atoms with van der Waals surface area (Å²) in [7, 11) is 2.00. The Kier molecular flexibility index (Phi) is 3.78. The molecule has 0 unspecified atom stereocenters. The van der Waals surface area contributed by atoms with Crippen molar-refractivity contribution in [3.05, 3.63) is 49.1 Å². The molecule has 0 spiro atoms. The number of nitrogens with zero attached hydrogens (tertiary/aromatic N) is 2. The lowest BCUT2D eigenvalue weighted by atomic mass is 10.1. The zero-order valence-corrected chi connectivity index (χ0v) is 10.0. The summed E-state index contributed by atoms with van der Waals surface area (Å²) >= 11 is 0. The average Bonchev–Trinajstić information content (AvgIpc) is 2.73. The quantitative estimate of drug-likeness (QED) is 0.623. The molecule has 0 fully saturated rings. The van der Waals surface area contributed by atoms with Gasteiger partial charge in [0.25, 0.3) is 0 Å². The monoisotopic (exact) mass is 204 g/mol. The second kappa shape index (κ2) is 4.87. The molecule has 0 aliphatic carbocycles. The van der Waals surface area contributed by atoms with Crippen molar-refractivity contribution in [2.75, 3.05) is 0 Å². The molecule has 2 aromatic rings. The van der Waals surface area contributed by atoms with E-state index in [-0.39, 0.29) is 5.54 Å². The normalized spacial score (nSPS) is 10.7. The van der Waals surface area contributed by atoms with E-state index >= 15 is 0 Å². The molecule has 2 heterocycles. The van der Waals surface area contributed by atoms with E-state index in [1.807, 2.05) is 48.3 Å². The third kappa shape index (κ3) is 4.07. The van der Waals surface area contributed by atoms with Crippen molar-refractivity contribution in [2.45, 2.75) is 26.3 Å². The summed E-state index contributed by atoms with van der Waals surface area (Å²) in [5, 5.41) is 0. The van der Waals surface area contributed by atoms with Crippen molar-refractivity contribution in [1.82, 2.24) is 9.13 Å². The van der Waals surface area contributed by atoms with Crippen molar-refractivity contribution in [3.8, 4) is 0 Å². The summed E-state index contributed by atoms with van der Waals surface area (Å²) in [5.74, 6) is 0. The van der Waals surface area contributed by atoms with Gasteiger partial charge in [0.2, 0.25) is 0 Å². The van der Waals surface area contributed by atoms with Gasteiger partial charge in [0.05, 0.1) is 0 Å². The van der Waals surface area contributed by atoms with Gasteiger partial charge in [-0.3, -0.25) is 0 Å². The van der Waals surface area contributed by atoms with Crippen LogP contribution >= 0.6 is 0 Å². The Morgan fingerprint density at radius 1 is 0.733 bits per heavy atom. The molecule has 2 nitrogen and oxygen atoms in total. The molecule has 2 aromatic heterocycles. The maximum Gasteiger partial charge on any atom is 0.0355 e. The topological polar surface area (TPSA) is 9.86 Å². The standard InChI is InChI=1S/C8H13N.C5H7N/c1-8(2,3)9-6-4-5-7-9;1-6-4-2-3-5-6/h4-7H,1-3H3;2-5H,1H3. The van der Waals surface area contributed by atoms with Gasteiger partial charge in [0.1, 0.15) is 0 Å². The minimum absolute atomic E-state index is 0.240. The number of aryl methyl sites for hydroxylation is 1. The van der Waals surface area contributed by atoms with E-state index in [2.05, 4.69) is 37.7 Å². The van der Waals surface area contributed by atoms with Crippen LogP contribution in [0.2, 0.25) is 0 Å². The van der Waals surface area contributed by atoms with Crippen molar-refractivity contribution in [2.24, 2.45) is 7.05 Å². The molecule has 15 heavy (non-hydrogen) atoms. The van der Waals surface area contributed by atoms with E-state index < -0.39 is 0 Å². The predicted molar refractivity (Wildman–Crippen MR) is 64.8 cm³/mol. The fourth-order valence-corrected chi connectivity index (χ4v) is 1.20. The highest BCUT2D eigenvalue weighted by atomic mass is 15.0. The molecule has 82 valence electrons. The second-order valence-corrected chi connectivity index (χ2v) is 4.61. The van der Waals surface area contributed by atoms with Gasteiger partial charge >= 0.3 is 0 Å². The van der Waals surface area contributed by atoms with Crippen LogP contribution in [0.4, 0.5) is 0 Å². The van der Waals surface area contributed by atoms with E-state index in [0.29, 0.717) is 0 Å². The lowest BCUT2D eigenvalue weighted by molar-refractivity contribution is 0.398. The summed E-state index contributed by atoms with van der Waals surface area (Å²) in [4.78, 5) is 0. The van der Waals surface area contributed by atoms with Crippen molar-refractivity contribution in [3.63, 3.8) is 0 Å². The smallest absolute Gasteiger partial charge is 0.0355 e. The molecule has 0 aliphatic heterocycles. The lowest BCUT2D eigenvalue weighted by Gasteiger charge is -2.20. The SMILES string of the molecule is CC(C)(C)n1cccc1.Cn1cccc1. The highest BCUT2D eigenvalue weighted by molar-refractivity contribution is 4.94. The molecule has 0 aliphatic rings. The highest BCUT2D eigenvalue weighted by Gasteiger charge is 2.09. The predicted octanol–water partition coefficient (Wildman–Crippen LogP) is 3.27. The van der Waals surface area contributed by atoms with Gasteiger partial charge in [0, 0.05) is 37.4 Å². The first-order valence-corrected chi connectivity index (χ1v) is 5.20. The van der Waals surface area contributed by atoms with E-state index in [4.69, 9.17) is 0 Å². The summed E-state index contributed by atoms with van der Waals surface area (Å²) in [5.41, 5.74) is 0.240. The molecule has 0 saturated carbocycles. The Balaban J connectivity index is 0.000000162. The minimum Gasteiger partial charge on any atom is -0.357 e. The summed E-state index contributed by atoms with van der Waals surface area (Å²) in [6.45, 7) is 6.56. The van der Waals surface area contributed by atoms with Crippen LogP contribution in [-0.4, -0.2) is 9.13 Å². The Morgan fingerprint density at radius 2 is 1.13 bits per heavy atom. The van der Waals surface area contributed by atoms with Gasteiger partial charge in [-0.25, -0.2) is 0 Å². The maximum absolute atomic E-state index is 2.19. The third-order valence-corrected chi connectivity index (χ3v) is 2.13. The molecule has 0 amide bonds. The Hall–Kier alpha value is -1.44. The van der Waals surface area contributed by atoms with Gasteiger partial charge in [-0.2, -0.15) is 0 Å². The fraction of sp³-hybridized carbons (Fsp3) is 0.385. The first-order chi connectivity index (χ1) is 7.00. The fourth-order valence-electron chi connectivity index (χ4n) is 1.20. The first-order valence-electron chi connectivity index (χ1n) is 5.20. The molecule has 0 aromatic carbocycles. The van der Waals surface area contributed by atoms with Crippen molar-refractivity contribution >= 4 is 0 Å². The second-order valence-electron chi connectivity index (χ2n) is 4.61. The van der Waals surface area contributed by atoms with Crippen LogP contribution in [0.3, 0.4) is 0 Å². The average molecular weight is 204 g/mol. The van der Waals surface area contributed by atoms with Crippen LogP contribution in [0.25, 0.3) is 0 Å². The van der Waals surface area contributed by atoms with Gasteiger partial charge in [-0.1, -0.05) is 0 Å². The van der Waals surface area contributed by atoms with Crippen LogP contribution in [0.1, 0.15) is 20.8 Å². The molecular formula is C13H20N2. The van der Waals surface area contributed by atoms with Crippen molar-refractivity contribution in [1.29, 1.82) is 0 Å². The molecule has 0 N–H and O–H groups in total. The number of hydrogen-bond donors (Lipinski definition) is 0. The highest BCUT2D eigenvalue weighted by Crippen LogP contribution is 2.12. The first kappa shape index (κ1) is 11.6. The third-order valence-electron chi connectivity index (χ3n) is 2.13. The van der Waals surface area contributed by atoms with E-state index in [1.165, 1.54) is 0 Å².